The fourth-order valence-corrected chi connectivity index (χ4v) is 2.26. The van der Waals surface area contributed by atoms with Crippen LogP contribution in [0.5, 0.6) is 0 Å². The van der Waals surface area contributed by atoms with E-state index in [9.17, 15) is 0 Å². The highest BCUT2D eigenvalue weighted by molar-refractivity contribution is 7.07. The fraction of sp³-hybridized carbons (Fsp3) is 0.308. The lowest BCUT2D eigenvalue weighted by Gasteiger charge is -2.03. The number of hydrogen-bond acceptors (Lipinski definition) is 3. The third kappa shape index (κ3) is 3.76. The average Bonchev–Trinajstić information content (AvgIpc) is 2.83. The van der Waals surface area contributed by atoms with Crippen LogP contribution in [0.25, 0.3) is 0 Å². The van der Waals surface area contributed by atoms with Crippen molar-refractivity contribution in [3.8, 4) is 0 Å². The minimum atomic E-state index is 1.00. The van der Waals surface area contributed by atoms with Crippen LogP contribution in [-0.4, -0.2) is 18.1 Å². The van der Waals surface area contributed by atoms with Gasteiger partial charge in [0.25, 0.3) is 0 Å². The van der Waals surface area contributed by atoms with Crippen LogP contribution in [0.2, 0.25) is 0 Å². The lowest BCUT2D eigenvalue weighted by molar-refractivity contribution is 0.676. The van der Waals surface area contributed by atoms with Crippen LogP contribution in [0.1, 0.15) is 11.3 Å². The van der Waals surface area contributed by atoms with E-state index in [1.165, 1.54) is 5.56 Å². The Morgan fingerprint density at radius 1 is 1.12 bits per heavy atom. The van der Waals surface area contributed by atoms with Crippen molar-refractivity contribution in [3.63, 3.8) is 0 Å². The van der Waals surface area contributed by atoms with Gasteiger partial charge < -0.3 is 5.32 Å². The van der Waals surface area contributed by atoms with E-state index in [0.717, 1.165) is 31.6 Å². The van der Waals surface area contributed by atoms with E-state index >= 15 is 0 Å². The molecule has 0 amide bonds. The summed E-state index contributed by atoms with van der Waals surface area (Å²) in [5.74, 6) is 0. The van der Waals surface area contributed by atoms with Crippen molar-refractivity contribution >= 4 is 11.3 Å². The first-order valence-electron chi connectivity index (χ1n) is 5.57. The summed E-state index contributed by atoms with van der Waals surface area (Å²) < 4.78 is 0. The molecular formula is C13H16N2S. The van der Waals surface area contributed by atoms with Crippen molar-refractivity contribution in [2.75, 3.05) is 13.1 Å². The average molecular weight is 232 g/mol. The Morgan fingerprint density at radius 3 is 2.81 bits per heavy atom. The number of nitrogens with one attached hydrogen (secondary N) is 1. The maximum Gasteiger partial charge on any atom is 0.0416 e. The van der Waals surface area contributed by atoms with Gasteiger partial charge in [-0.3, -0.25) is 4.98 Å². The van der Waals surface area contributed by atoms with Crippen LogP contribution in [0.3, 0.4) is 0 Å². The van der Waals surface area contributed by atoms with Gasteiger partial charge in [0.1, 0.15) is 0 Å². The van der Waals surface area contributed by atoms with Gasteiger partial charge in [0.15, 0.2) is 0 Å². The Kier molecular flexibility index (Phi) is 4.52. The Bertz CT molecular complexity index is 384. The molecule has 16 heavy (non-hydrogen) atoms. The van der Waals surface area contributed by atoms with E-state index < -0.39 is 0 Å². The molecule has 0 saturated heterocycles. The maximum absolute atomic E-state index is 4.29. The molecule has 0 aliphatic heterocycles. The van der Waals surface area contributed by atoms with Gasteiger partial charge in [0.05, 0.1) is 0 Å². The second-order valence-electron chi connectivity index (χ2n) is 3.70. The summed E-state index contributed by atoms with van der Waals surface area (Å²) in [7, 11) is 0. The molecule has 3 heteroatoms. The SMILES string of the molecule is c1ccc(CCNCCc2ccsc2)nc1. The van der Waals surface area contributed by atoms with Crippen molar-refractivity contribution in [2.45, 2.75) is 12.8 Å². The number of pyridine rings is 1. The Morgan fingerprint density at radius 2 is 2.06 bits per heavy atom. The van der Waals surface area contributed by atoms with Crippen LogP contribution < -0.4 is 5.32 Å². The number of hydrogen-bond donors (Lipinski definition) is 1. The molecule has 2 nitrogen and oxygen atoms in total. The summed E-state index contributed by atoms with van der Waals surface area (Å²) in [5, 5.41) is 7.77. The molecule has 0 saturated carbocycles. The normalized spacial score (nSPS) is 10.5. The fourth-order valence-electron chi connectivity index (χ4n) is 1.56. The van der Waals surface area contributed by atoms with Crippen molar-refractivity contribution < 1.29 is 0 Å². The van der Waals surface area contributed by atoms with Crippen molar-refractivity contribution in [3.05, 3.63) is 52.5 Å². The van der Waals surface area contributed by atoms with Gasteiger partial charge in [0.2, 0.25) is 0 Å². The number of aromatic nitrogens is 1. The zero-order valence-electron chi connectivity index (χ0n) is 9.23. The first-order chi connectivity index (χ1) is 7.95. The molecule has 2 heterocycles. The standard InChI is InChI=1S/C13H16N2S/c1-2-7-15-13(3-1)5-9-14-8-4-12-6-10-16-11-12/h1-3,6-7,10-11,14H,4-5,8-9H2. The van der Waals surface area contributed by atoms with Gasteiger partial charge in [-0.25, -0.2) is 0 Å². The Hall–Kier alpha value is -1.19. The summed E-state index contributed by atoms with van der Waals surface area (Å²) in [5.41, 5.74) is 2.58. The highest BCUT2D eigenvalue weighted by Crippen LogP contribution is 2.05. The maximum atomic E-state index is 4.29. The minimum absolute atomic E-state index is 1.00. The van der Waals surface area contributed by atoms with Crippen LogP contribution >= 0.6 is 11.3 Å². The smallest absolute Gasteiger partial charge is 0.0416 e. The second kappa shape index (κ2) is 6.40. The molecule has 0 radical (unpaired) electrons. The molecule has 1 N–H and O–H groups in total. The van der Waals surface area contributed by atoms with Gasteiger partial charge in [0, 0.05) is 24.9 Å². The van der Waals surface area contributed by atoms with Crippen LogP contribution in [0.15, 0.2) is 41.2 Å². The Balaban J connectivity index is 1.59. The van der Waals surface area contributed by atoms with E-state index in [4.69, 9.17) is 0 Å². The number of thiophene rings is 1. The summed E-state index contributed by atoms with van der Waals surface area (Å²) in [6.45, 7) is 2.05. The number of rotatable bonds is 6. The zero-order chi connectivity index (χ0) is 11.1. The molecule has 2 aromatic rings. The van der Waals surface area contributed by atoms with E-state index in [0.29, 0.717) is 0 Å². The molecule has 0 spiro atoms. The van der Waals surface area contributed by atoms with Gasteiger partial charge in [-0.05, 0) is 47.5 Å². The largest absolute Gasteiger partial charge is 0.316 e. The predicted molar refractivity (Wildman–Crippen MR) is 68.8 cm³/mol. The summed E-state index contributed by atoms with van der Waals surface area (Å²) in [4.78, 5) is 4.29. The molecule has 0 aromatic carbocycles. The third-order valence-corrected chi connectivity index (χ3v) is 3.19. The monoisotopic (exact) mass is 232 g/mol. The molecular weight excluding hydrogens is 216 g/mol. The van der Waals surface area contributed by atoms with Crippen LogP contribution in [-0.2, 0) is 12.8 Å². The minimum Gasteiger partial charge on any atom is -0.316 e. The second-order valence-corrected chi connectivity index (χ2v) is 4.48. The van der Waals surface area contributed by atoms with E-state index in [1.54, 1.807) is 11.3 Å². The van der Waals surface area contributed by atoms with Gasteiger partial charge in [-0.2, -0.15) is 11.3 Å². The molecule has 2 aromatic heterocycles. The predicted octanol–water partition coefficient (Wildman–Crippen LogP) is 2.52. The molecule has 0 atom stereocenters. The van der Waals surface area contributed by atoms with Crippen molar-refractivity contribution in [1.29, 1.82) is 0 Å². The van der Waals surface area contributed by atoms with Crippen LogP contribution in [0.4, 0.5) is 0 Å². The number of nitrogens with zero attached hydrogens (tertiary/aromatic N) is 1. The van der Waals surface area contributed by atoms with Gasteiger partial charge >= 0.3 is 0 Å². The van der Waals surface area contributed by atoms with Crippen molar-refractivity contribution in [2.24, 2.45) is 0 Å². The van der Waals surface area contributed by atoms with E-state index in [1.807, 2.05) is 18.3 Å². The highest BCUT2D eigenvalue weighted by atomic mass is 32.1. The highest BCUT2D eigenvalue weighted by Gasteiger charge is 1.94. The topological polar surface area (TPSA) is 24.9 Å². The molecule has 0 unspecified atom stereocenters. The lowest BCUT2D eigenvalue weighted by Crippen LogP contribution is -2.20. The summed E-state index contributed by atoms with van der Waals surface area (Å²) >= 11 is 1.76. The Labute approximate surface area is 100 Å². The third-order valence-electron chi connectivity index (χ3n) is 2.45. The van der Waals surface area contributed by atoms with Gasteiger partial charge in [-0.1, -0.05) is 6.07 Å². The van der Waals surface area contributed by atoms with E-state index in [2.05, 4.69) is 33.2 Å². The molecule has 2 rings (SSSR count). The molecule has 0 fully saturated rings. The van der Waals surface area contributed by atoms with Gasteiger partial charge in [-0.15, -0.1) is 0 Å². The zero-order valence-corrected chi connectivity index (χ0v) is 10.0. The van der Waals surface area contributed by atoms with Crippen LogP contribution in [0, 0.1) is 0 Å². The summed E-state index contributed by atoms with van der Waals surface area (Å²) in [6, 6.07) is 8.24. The first kappa shape index (κ1) is 11.3. The lowest BCUT2D eigenvalue weighted by atomic mass is 10.2. The first-order valence-corrected chi connectivity index (χ1v) is 6.51. The van der Waals surface area contributed by atoms with Crippen molar-refractivity contribution in [1.82, 2.24) is 10.3 Å². The summed E-state index contributed by atoms with van der Waals surface area (Å²) in [6.07, 6.45) is 3.97. The molecule has 0 aliphatic carbocycles. The molecule has 0 aliphatic rings. The quantitative estimate of drug-likeness (QED) is 0.774. The molecule has 84 valence electrons. The van der Waals surface area contributed by atoms with E-state index in [-0.39, 0.29) is 0 Å². The molecule has 0 bridgehead atoms.